The van der Waals surface area contributed by atoms with E-state index in [-0.39, 0.29) is 31.4 Å². The SMILES string of the molecule is O=c1c2ccc(Br)cc2nc2n1CCC(C(F)(F)F)CC2. The summed E-state index contributed by atoms with van der Waals surface area (Å²) < 4.78 is 40.8. The van der Waals surface area contributed by atoms with Crippen LogP contribution in [0.1, 0.15) is 18.7 Å². The molecule has 7 heteroatoms. The van der Waals surface area contributed by atoms with E-state index in [1.807, 2.05) is 0 Å². The first-order chi connectivity index (χ1) is 9.86. The van der Waals surface area contributed by atoms with E-state index in [0.29, 0.717) is 16.7 Å². The summed E-state index contributed by atoms with van der Waals surface area (Å²) in [6.07, 6.45) is -4.13. The first kappa shape index (κ1) is 14.6. The molecular weight excluding hydrogens is 349 g/mol. The van der Waals surface area contributed by atoms with E-state index in [1.165, 1.54) is 4.57 Å². The van der Waals surface area contributed by atoms with Crippen molar-refractivity contribution in [3.63, 3.8) is 0 Å². The second-order valence-electron chi connectivity index (χ2n) is 5.21. The molecule has 3 nitrogen and oxygen atoms in total. The lowest BCUT2D eigenvalue weighted by molar-refractivity contribution is -0.177. The minimum absolute atomic E-state index is 0.0184. The topological polar surface area (TPSA) is 34.9 Å². The summed E-state index contributed by atoms with van der Waals surface area (Å²) in [5.41, 5.74) is 0.261. The summed E-state index contributed by atoms with van der Waals surface area (Å²) in [4.78, 5) is 16.8. The summed E-state index contributed by atoms with van der Waals surface area (Å²) in [5, 5.41) is 0.437. The molecule has 1 unspecified atom stereocenters. The van der Waals surface area contributed by atoms with Crippen LogP contribution in [0.3, 0.4) is 0 Å². The number of fused-ring (bicyclic) bond motifs is 2. The third kappa shape index (κ3) is 2.71. The number of hydrogen-bond acceptors (Lipinski definition) is 2. The molecular formula is C14H12BrF3N2O. The number of alkyl halides is 3. The quantitative estimate of drug-likeness (QED) is 0.718. The fraction of sp³-hybridized carbons (Fsp3) is 0.429. The molecule has 0 N–H and O–H groups in total. The van der Waals surface area contributed by atoms with Gasteiger partial charge in [-0.25, -0.2) is 4.98 Å². The maximum absolute atomic E-state index is 12.9. The lowest BCUT2D eigenvalue weighted by atomic mass is 10.00. The second kappa shape index (κ2) is 5.12. The molecule has 1 aromatic carbocycles. The molecule has 0 fully saturated rings. The van der Waals surface area contributed by atoms with Crippen molar-refractivity contribution >= 4 is 26.8 Å². The van der Waals surface area contributed by atoms with Gasteiger partial charge in [-0.3, -0.25) is 9.36 Å². The first-order valence-corrected chi connectivity index (χ1v) is 7.41. The van der Waals surface area contributed by atoms with Gasteiger partial charge in [0.25, 0.3) is 5.56 Å². The molecule has 2 aromatic rings. The Hall–Kier alpha value is -1.37. The van der Waals surface area contributed by atoms with Gasteiger partial charge in [-0.1, -0.05) is 15.9 Å². The summed E-state index contributed by atoms with van der Waals surface area (Å²) in [5.74, 6) is -0.925. The van der Waals surface area contributed by atoms with E-state index in [2.05, 4.69) is 20.9 Å². The molecule has 0 bridgehead atoms. The van der Waals surface area contributed by atoms with Gasteiger partial charge in [0.15, 0.2) is 0 Å². The van der Waals surface area contributed by atoms with Gasteiger partial charge in [0.1, 0.15) is 5.82 Å². The van der Waals surface area contributed by atoms with E-state index in [4.69, 9.17) is 0 Å². The van der Waals surface area contributed by atoms with E-state index in [1.54, 1.807) is 18.2 Å². The van der Waals surface area contributed by atoms with Gasteiger partial charge in [-0.15, -0.1) is 0 Å². The van der Waals surface area contributed by atoms with Gasteiger partial charge < -0.3 is 0 Å². The fourth-order valence-corrected chi connectivity index (χ4v) is 3.07. The van der Waals surface area contributed by atoms with Crippen molar-refractivity contribution < 1.29 is 13.2 Å². The summed E-state index contributed by atoms with van der Waals surface area (Å²) in [6.45, 7) is 0.0668. The van der Waals surface area contributed by atoms with E-state index < -0.39 is 12.1 Å². The lowest BCUT2D eigenvalue weighted by Gasteiger charge is -2.16. The molecule has 3 rings (SSSR count). The van der Waals surface area contributed by atoms with E-state index in [9.17, 15) is 18.0 Å². The van der Waals surface area contributed by atoms with Crippen LogP contribution in [-0.4, -0.2) is 15.7 Å². The van der Waals surface area contributed by atoms with Crippen LogP contribution in [0.4, 0.5) is 13.2 Å². The van der Waals surface area contributed by atoms with Crippen LogP contribution in [0.15, 0.2) is 27.5 Å². The molecule has 1 aliphatic rings. The van der Waals surface area contributed by atoms with Crippen LogP contribution >= 0.6 is 15.9 Å². The molecule has 21 heavy (non-hydrogen) atoms. The van der Waals surface area contributed by atoms with Crippen LogP contribution in [0.5, 0.6) is 0 Å². The van der Waals surface area contributed by atoms with Crippen molar-refractivity contribution in [1.82, 2.24) is 9.55 Å². The Kier molecular flexibility index (Phi) is 3.55. The normalized spacial score (nSPS) is 19.3. The summed E-state index contributed by atoms with van der Waals surface area (Å²) in [6, 6.07) is 5.09. The van der Waals surface area contributed by atoms with Gasteiger partial charge in [-0.05, 0) is 31.0 Å². The highest BCUT2D eigenvalue weighted by Gasteiger charge is 2.40. The van der Waals surface area contributed by atoms with Gasteiger partial charge in [-0.2, -0.15) is 13.2 Å². The Bertz CT molecular complexity index is 754. The average molecular weight is 361 g/mol. The van der Waals surface area contributed by atoms with E-state index >= 15 is 0 Å². The molecule has 0 aliphatic carbocycles. The predicted molar refractivity (Wildman–Crippen MR) is 76.2 cm³/mol. The molecule has 0 spiro atoms. The summed E-state index contributed by atoms with van der Waals surface area (Å²) in [7, 11) is 0. The van der Waals surface area contributed by atoms with Crippen molar-refractivity contribution in [1.29, 1.82) is 0 Å². The molecule has 0 saturated heterocycles. The highest BCUT2D eigenvalue weighted by atomic mass is 79.9. The Balaban J connectivity index is 2.08. The minimum atomic E-state index is -4.21. The Morgan fingerprint density at radius 1 is 1.29 bits per heavy atom. The fourth-order valence-electron chi connectivity index (χ4n) is 2.72. The molecule has 0 saturated carbocycles. The third-order valence-electron chi connectivity index (χ3n) is 3.88. The Morgan fingerprint density at radius 3 is 2.76 bits per heavy atom. The number of halogens is 4. The zero-order valence-electron chi connectivity index (χ0n) is 11.0. The van der Waals surface area contributed by atoms with Crippen LogP contribution in [-0.2, 0) is 13.0 Å². The Morgan fingerprint density at radius 2 is 2.05 bits per heavy atom. The lowest BCUT2D eigenvalue weighted by Crippen LogP contribution is -2.26. The van der Waals surface area contributed by atoms with Crippen molar-refractivity contribution in [3.05, 3.63) is 38.9 Å². The number of nitrogens with zero attached hydrogens (tertiary/aromatic N) is 2. The van der Waals surface area contributed by atoms with Crippen LogP contribution in [0, 0.1) is 5.92 Å². The minimum Gasteiger partial charge on any atom is -0.296 e. The number of aromatic nitrogens is 2. The molecule has 0 radical (unpaired) electrons. The van der Waals surface area contributed by atoms with Crippen LogP contribution in [0.2, 0.25) is 0 Å². The zero-order valence-corrected chi connectivity index (χ0v) is 12.5. The zero-order chi connectivity index (χ0) is 15.2. The number of aryl methyl sites for hydroxylation is 1. The maximum atomic E-state index is 12.9. The third-order valence-corrected chi connectivity index (χ3v) is 4.37. The van der Waals surface area contributed by atoms with Crippen molar-refractivity contribution in [3.8, 4) is 0 Å². The van der Waals surface area contributed by atoms with Gasteiger partial charge in [0.2, 0.25) is 0 Å². The second-order valence-corrected chi connectivity index (χ2v) is 6.13. The average Bonchev–Trinajstić information content (AvgIpc) is 2.60. The van der Waals surface area contributed by atoms with E-state index in [0.717, 1.165) is 4.47 Å². The Labute approximate surface area is 126 Å². The van der Waals surface area contributed by atoms with Gasteiger partial charge in [0.05, 0.1) is 16.8 Å². The number of hydrogen-bond donors (Lipinski definition) is 0. The van der Waals surface area contributed by atoms with Crippen LogP contribution in [0.25, 0.3) is 10.9 Å². The largest absolute Gasteiger partial charge is 0.391 e. The first-order valence-electron chi connectivity index (χ1n) is 6.62. The molecule has 0 amide bonds. The van der Waals surface area contributed by atoms with Gasteiger partial charge >= 0.3 is 6.18 Å². The molecule has 1 aromatic heterocycles. The number of benzene rings is 1. The smallest absolute Gasteiger partial charge is 0.296 e. The molecule has 112 valence electrons. The standard InChI is InChI=1S/C14H12BrF3N2O/c15-9-2-3-10-11(7-9)19-12-4-1-8(14(16,17)18)5-6-20(12)13(10)21/h2-3,7-8H,1,4-6H2. The molecule has 1 atom stereocenters. The molecule has 1 aliphatic heterocycles. The van der Waals surface area contributed by atoms with Gasteiger partial charge in [0, 0.05) is 17.4 Å². The van der Waals surface area contributed by atoms with Crippen LogP contribution < -0.4 is 5.56 Å². The highest BCUT2D eigenvalue weighted by Crippen LogP contribution is 2.34. The monoisotopic (exact) mass is 360 g/mol. The van der Waals surface area contributed by atoms with Crippen molar-refractivity contribution in [2.45, 2.75) is 32.0 Å². The predicted octanol–water partition coefficient (Wildman–Crippen LogP) is 3.67. The van der Waals surface area contributed by atoms with Crippen molar-refractivity contribution in [2.24, 2.45) is 5.92 Å². The number of rotatable bonds is 0. The summed E-state index contributed by atoms with van der Waals surface area (Å²) >= 11 is 3.31. The maximum Gasteiger partial charge on any atom is 0.391 e. The highest BCUT2D eigenvalue weighted by molar-refractivity contribution is 9.10. The van der Waals surface area contributed by atoms with Crippen molar-refractivity contribution in [2.75, 3.05) is 0 Å². The molecule has 2 heterocycles.